The number of nitrogens with one attached hydrogen (secondary N) is 1. The van der Waals surface area contributed by atoms with Crippen molar-refractivity contribution in [2.24, 2.45) is 4.99 Å². The van der Waals surface area contributed by atoms with Crippen molar-refractivity contribution >= 4 is 43.7 Å². The largest absolute Gasteiger partial charge is 0.494 e. The highest BCUT2D eigenvalue weighted by molar-refractivity contribution is 9.10. The van der Waals surface area contributed by atoms with E-state index in [1.54, 1.807) is 0 Å². The van der Waals surface area contributed by atoms with E-state index in [0.29, 0.717) is 44.1 Å². The summed E-state index contributed by atoms with van der Waals surface area (Å²) < 4.78 is 14.4. The molecule has 2 atom stereocenters. The van der Waals surface area contributed by atoms with E-state index >= 15 is 0 Å². The number of carbonyl (C=O) groups is 1. The van der Waals surface area contributed by atoms with Crippen LogP contribution in [-0.2, 0) is 22.4 Å². The summed E-state index contributed by atoms with van der Waals surface area (Å²) >= 11 is 7.21. The van der Waals surface area contributed by atoms with Crippen LogP contribution < -0.4 is 10.1 Å². The van der Waals surface area contributed by atoms with Gasteiger partial charge in [0.1, 0.15) is 5.75 Å². The molecule has 0 radical (unpaired) electrons. The number of aliphatic hydroxyl groups excluding tert-OH is 1. The number of amides is 1. The van der Waals surface area contributed by atoms with Gasteiger partial charge in [-0.1, -0.05) is 117 Å². The fourth-order valence-corrected chi connectivity index (χ4v) is 6.51. The highest BCUT2D eigenvalue weighted by atomic mass is 79.9. The molecule has 0 saturated heterocycles. The Morgan fingerprint density at radius 3 is 2.19 bits per heavy atom. The average molecular weight is 769 g/mol. The molecule has 1 amide bonds. The van der Waals surface area contributed by atoms with Crippen LogP contribution in [-0.4, -0.2) is 42.2 Å². The first-order valence-corrected chi connectivity index (χ1v) is 17.6. The van der Waals surface area contributed by atoms with Gasteiger partial charge in [-0.2, -0.15) is 0 Å². The number of hydrogen-bond acceptors (Lipinski definition) is 5. The minimum absolute atomic E-state index is 0.0707. The second-order valence-corrected chi connectivity index (χ2v) is 13.4. The van der Waals surface area contributed by atoms with E-state index in [4.69, 9.17) is 19.6 Å². The molecule has 5 aromatic rings. The Kier molecular flexibility index (Phi) is 11.1. The predicted molar refractivity (Wildman–Crippen MR) is 197 cm³/mol. The van der Waals surface area contributed by atoms with Gasteiger partial charge in [-0.05, 0) is 76.7 Å². The van der Waals surface area contributed by atoms with Crippen molar-refractivity contribution < 1.29 is 19.4 Å². The van der Waals surface area contributed by atoms with E-state index in [1.807, 2.05) is 91.0 Å². The van der Waals surface area contributed by atoms with Gasteiger partial charge in [-0.3, -0.25) is 4.79 Å². The van der Waals surface area contributed by atoms with Gasteiger partial charge in [0.15, 0.2) is 11.6 Å². The lowest BCUT2D eigenvalue weighted by molar-refractivity contribution is -0.128. The molecule has 48 heavy (non-hydrogen) atoms. The van der Waals surface area contributed by atoms with Crippen molar-refractivity contribution in [1.82, 2.24) is 5.32 Å². The minimum Gasteiger partial charge on any atom is -0.494 e. The molecule has 6 rings (SSSR count). The van der Waals surface area contributed by atoms with E-state index in [9.17, 15) is 4.79 Å². The van der Waals surface area contributed by atoms with Crippen molar-refractivity contribution in [3.8, 4) is 16.9 Å². The zero-order valence-corrected chi connectivity index (χ0v) is 29.5. The van der Waals surface area contributed by atoms with Gasteiger partial charge < -0.3 is 19.9 Å². The van der Waals surface area contributed by atoms with Crippen LogP contribution in [0.1, 0.15) is 34.8 Å². The summed E-state index contributed by atoms with van der Waals surface area (Å²) in [6.07, 6.45) is 0.847. The van der Waals surface area contributed by atoms with Crippen LogP contribution in [0, 0.1) is 0 Å². The molecule has 1 aliphatic heterocycles. The molecule has 8 heteroatoms. The van der Waals surface area contributed by atoms with Gasteiger partial charge >= 0.3 is 0 Å². The van der Waals surface area contributed by atoms with Crippen LogP contribution >= 0.6 is 31.9 Å². The first-order chi connectivity index (χ1) is 23.4. The molecule has 0 aliphatic carbocycles. The Labute approximate surface area is 298 Å². The van der Waals surface area contributed by atoms with Crippen molar-refractivity contribution in [1.29, 1.82) is 0 Å². The molecule has 0 unspecified atom stereocenters. The predicted octanol–water partition coefficient (Wildman–Crippen LogP) is 8.50. The standard InChI is InChI=1S/C40H36Br2N2O4/c41-34-19-11-28(12-20-34)23-24-43-39(46)40(27-33-9-4-5-10-36(33)42)37(31-15-13-30(14-16-31)29-7-2-1-3-8-29)48-38(44-40)32-17-21-35(22-18-32)47-26-6-25-45/h1-5,7-22,37,45H,6,23-27H2,(H,43,46)/t37-,40-/m1/s1. The number of ether oxygens (including phenoxy) is 2. The summed E-state index contributed by atoms with van der Waals surface area (Å²) in [4.78, 5) is 19.8. The van der Waals surface area contributed by atoms with Crippen LogP contribution in [0.2, 0.25) is 0 Å². The fraction of sp³-hybridized carbons (Fsp3) is 0.200. The molecular weight excluding hydrogens is 732 g/mol. The number of nitrogens with zero attached hydrogens (tertiary/aromatic N) is 1. The molecule has 5 aromatic carbocycles. The summed E-state index contributed by atoms with van der Waals surface area (Å²) in [5.41, 5.74) is 4.56. The molecule has 0 spiro atoms. The molecule has 6 nitrogen and oxygen atoms in total. The van der Waals surface area contributed by atoms with Crippen molar-refractivity contribution in [3.63, 3.8) is 0 Å². The molecule has 0 aromatic heterocycles. The number of halogens is 2. The molecule has 1 aliphatic rings. The Balaban J connectivity index is 1.38. The summed E-state index contributed by atoms with van der Waals surface area (Å²) in [5, 5.41) is 12.3. The zero-order valence-electron chi connectivity index (χ0n) is 26.3. The summed E-state index contributed by atoms with van der Waals surface area (Å²) in [6.45, 7) is 0.938. The number of aliphatic hydroxyl groups is 1. The van der Waals surface area contributed by atoms with Crippen LogP contribution in [0.25, 0.3) is 11.1 Å². The Bertz CT molecular complexity index is 1850. The minimum atomic E-state index is -1.30. The van der Waals surface area contributed by atoms with Gasteiger partial charge in [0.05, 0.1) is 6.61 Å². The van der Waals surface area contributed by atoms with Gasteiger partial charge in [-0.15, -0.1) is 0 Å². The lowest BCUT2D eigenvalue weighted by Gasteiger charge is -2.31. The molecule has 2 N–H and O–H groups in total. The lowest BCUT2D eigenvalue weighted by atomic mass is 9.81. The van der Waals surface area contributed by atoms with E-state index in [-0.39, 0.29) is 12.5 Å². The Hall–Kier alpha value is -4.24. The highest BCUT2D eigenvalue weighted by Gasteiger charge is 2.53. The first-order valence-electron chi connectivity index (χ1n) is 16.0. The van der Waals surface area contributed by atoms with Gasteiger partial charge in [0.25, 0.3) is 5.91 Å². The maximum Gasteiger partial charge on any atom is 0.252 e. The number of carbonyl (C=O) groups excluding carboxylic acids is 1. The molecule has 0 saturated carbocycles. The third-order valence-corrected chi connectivity index (χ3v) is 9.68. The number of rotatable bonds is 13. The third kappa shape index (κ3) is 7.89. The molecular formula is C40H36Br2N2O4. The quantitative estimate of drug-likeness (QED) is 0.118. The third-order valence-electron chi connectivity index (χ3n) is 8.38. The lowest BCUT2D eigenvalue weighted by Crippen LogP contribution is -2.50. The van der Waals surface area contributed by atoms with E-state index in [2.05, 4.69) is 73.6 Å². The van der Waals surface area contributed by atoms with E-state index in [0.717, 1.165) is 42.3 Å². The van der Waals surface area contributed by atoms with Crippen LogP contribution in [0.3, 0.4) is 0 Å². The maximum absolute atomic E-state index is 14.6. The van der Waals surface area contributed by atoms with Crippen LogP contribution in [0.4, 0.5) is 0 Å². The van der Waals surface area contributed by atoms with Crippen LogP contribution in [0.5, 0.6) is 5.75 Å². The maximum atomic E-state index is 14.6. The van der Waals surface area contributed by atoms with Crippen molar-refractivity contribution in [2.75, 3.05) is 19.8 Å². The summed E-state index contributed by atoms with van der Waals surface area (Å²) in [7, 11) is 0. The molecule has 0 bridgehead atoms. The monoisotopic (exact) mass is 766 g/mol. The summed E-state index contributed by atoms with van der Waals surface area (Å²) in [6, 6.07) is 41.9. The number of benzene rings is 5. The van der Waals surface area contributed by atoms with Gasteiger partial charge in [0.2, 0.25) is 5.90 Å². The fourth-order valence-electron chi connectivity index (χ4n) is 5.82. The average Bonchev–Trinajstić information content (AvgIpc) is 3.51. The van der Waals surface area contributed by atoms with Gasteiger partial charge in [-0.25, -0.2) is 4.99 Å². The normalized spacial score (nSPS) is 17.0. The Morgan fingerprint density at radius 1 is 0.812 bits per heavy atom. The second kappa shape index (κ2) is 15.8. The summed E-state index contributed by atoms with van der Waals surface area (Å²) in [5.74, 6) is 0.875. The molecule has 0 fully saturated rings. The van der Waals surface area contributed by atoms with Crippen LogP contribution in [0.15, 0.2) is 141 Å². The van der Waals surface area contributed by atoms with Crippen molar-refractivity contribution in [2.45, 2.75) is 30.9 Å². The molecule has 244 valence electrons. The van der Waals surface area contributed by atoms with Gasteiger partial charge in [0, 0.05) is 40.5 Å². The molecule has 1 heterocycles. The first kappa shape index (κ1) is 33.7. The van der Waals surface area contributed by atoms with E-state index < -0.39 is 11.6 Å². The topological polar surface area (TPSA) is 80.2 Å². The number of aliphatic imine (C=N–C) groups is 1. The number of hydrogen-bond donors (Lipinski definition) is 2. The second-order valence-electron chi connectivity index (χ2n) is 11.7. The Morgan fingerprint density at radius 2 is 1.48 bits per heavy atom. The van der Waals surface area contributed by atoms with E-state index in [1.165, 1.54) is 0 Å². The zero-order chi connectivity index (χ0) is 33.3. The highest BCUT2D eigenvalue weighted by Crippen LogP contribution is 2.44. The smallest absolute Gasteiger partial charge is 0.252 e. The SMILES string of the molecule is O=C(NCCc1ccc(Br)cc1)[C@]1(Cc2ccccc2Br)N=C(c2ccc(OCCCO)cc2)O[C@@H]1c1ccc(-c2ccccc2)cc1. The van der Waals surface area contributed by atoms with Crippen molar-refractivity contribution in [3.05, 3.63) is 159 Å².